The lowest BCUT2D eigenvalue weighted by molar-refractivity contribution is 0.174. The Morgan fingerprint density at radius 2 is 2.13 bits per heavy atom. The van der Waals surface area contributed by atoms with Gasteiger partial charge in [-0.25, -0.2) is 0 Å². The highest BCUT2D eigenvalue weighted by atomic mass is 16.7. The molecular formula is C15H19N5O3. The lowest BCUT2D eigenvalue weighted by Crippen LogP contribution is -2.38. The normalized spacial score (nSPS) is 13.2. The molecule has 1 aliphatic heterocycles. The molecule has 1 aliphatic rings. The molecule has 0 atom stereocenters. The molecule has 122 valence electrons. The van der Waals surface area contributed by atoms with Crippen molar-refractivity contribution >= 4 is 5.96 Å². The highest BCUT2D eigenvalue weighted by molar-refractivity contribution is 5.79. The SMILES string of the molecule is CN=C(NCCc1ccc2c(c1)OCO2)NCc1noc(C)n1. The third-order valence-electron chi connectivity index (χ3n) is 3.35. The second-order valence-electron chi connectivity index (χ2n) is 5.02. The zero-order valence-electron chi connectivity index (χ0n) is 13.1. The maximum absolute atomic E-state index is 5.38. The van der Waals surface area contributed by atoms with Crippen LogP contribution in [-0.4, -0.2) is 36.5 Å². The van der Waals surface area contributed by atoms with E-state index < -0.39 is 0 Å². The summed E-state index contributed by atoms with van der Waals surface area (Å²) in [5, 5.41) is 10.2. The number of aromatic nitrogens is 2. The number of aryl methyl sites for hydroxylation is 1. The molecule has 0 unspecified atom stereocenters. The summed E-state index contributed by atoms with van der Waals surface area (Å²) < 4.78 is 15.6. The van der Waals surface area contributed by atoms with Gasteiger partial charge in [-0.15, -0.1) is 0 Å². The Balaban J connectivity index is 1.45. The van der Waals surface area contributed by atoms with E-state index >= 15 is 0 Å². The Morgan fingerprint density at radius 3 is 2.91 bits per heavy atom. The standard InChI is InChI=1S/C15H19N5O3/c1-10-19-14(20-23-10)8-18-15(16-2)17-6-5-11-3-4-12-13(7-11)22-9-21-12/h3-4,7H,5-6,8-9H2,1-2H3,(H2,16,17,18). The number of hydrogen-bond donors (Lipinski definition) is 2. The van der Waals surface area contributed by atoms with E-state index in [-0.39, 0.29) is 0 Å². The van der Waals surface area contributed by atoms with Crippen molar-refractivity contribution in [2.45, 2.75) is 19.9 Å². The van der Waals surface area contributed by atoms with Crippen molar-refractivity contribution in [3.63, 3.8) is 0 Å². The van der Waals surface area contributed by atoms with Crippen LogP contribution in [0.1, 0.15) is 17.3 Å². The average molecular weight is 317 g/mol. The van der Waals surface area contributed by atoms with Crippen molar-refractivity contribution in [1.29, 1.82) is 0 Å². The van der Waals surface area contributed by atoms with Gasteiger partial charge in [-0.05, 0) is 24.1 Å². The number of nitrogens with zero attached hydrogens (tertiary/aromatic N) is 3. The van der Waals surface area contributed by atoms with Gasteiger partial charge in [0.15, 0.2) is 23.3 Å². The molecule has 0 amide bonds. The molecule has 2 heterocycles. The van der Waals surface area contributed by atoms with Crippen LogP contribution in [0.15, 0.2) is 27.7 Å². The van der Waals surface area contributed by atoms with Crippen LogP contribution in [0.3, 0.4) is 0 Å². The van der Waals surface area contributed by atoms with Crippen LogP contribution in [0.4, 0.5) is 0 Å². The van der Waals surface area contributed by atoms with Crippen molar-refractivity contribution in [2.24, 2.45) is 4.99 Å². The van der Waals surface area contributed by atoms with Crippen molar-refractivity contribution in [2.75, 3.05) is 20.4 Å². The quantitative estimate of drug-likeness (QED) is 0.628. The molecule has 3 rings (SSSR count). The van der Waals surface area contributed by atoms with E-state index in [9.17, 15) is 0 Å². The van der Waals surface area contributed by atoms with Gasteiger partial charge in [-0.2, -0.15) is 4.98 Å². The van der Waals surface area contributed by atoms with Gasteiger partial charge in [0.05, 0.1) is 6.54 Å². The number of guanidine groups is 1. The molecule has 0 saturated heterocycles. The summed E-state index contributed by atoms with van der Waals surface area (Å²) in [6.45, 7) is 3.25. The Labute approximate surface area is 133 Å². The molecule has 0 saturated carbocycles. The van der Waals surface area contributed by atoms with E-state index in [0.717, 1.165) is 24.5 Å². The van der Waals surface area contributed by atoms with E-state index in [4.69, 9.17) is 14.0 Å². The van der Waals surface area contributed by atoms with Gasteiger partial charge in [-0.1, -0.05) is 11.2 Å². The lowest BCUT2D eigenvalue weighted by atomic mass is 10.1. The smallest absolute Gasteiger partial charge is 0.231 e. The minimum Gasteiger partial charge on any atom is -0.454 e. The van der Waals surface area contributed by atoms with Gasteiger partial charge in [0.1, 0.15) is 0 Å². The molecular weight excluding hydrogens is 298 g/mol. The van der Waals surface area contributed by atoms with Crippen molar-refractivity contribution in [3.8, 4) is 11.5 Å². The summed E-state index contributed by atoms with van der Waals surface area (Å²) in [6.07, 6.45) is 0.846. The number of ether oxygens (including phenoxy) is 2. The van der Waals surface area contributed by atoms with Gasteiger partial charge in [0.25, 0.3) is 0 Å². The van der Waals surface area contributed by atoms with Gasteiger partial charge in [0, 0.05) is 20.5 Å². The Morgan fingerprint density at radius 1 is 1.26 bits per heavy atom. The Kier molecular flexibility index (Phi) is 4.60. The molecule has 0 spiro atoms. The van der Waals surface area contributed by atoms with E-state index in [1.165, 1.54) is 5.56 Å². The molecule has 0 bridgehead atoms. The zero-order valence-corrected chi connectivity index (χ0v) is 13.1. The van der Waals surface area contributed by atoms with E-state index in [0.29, 0.717) is 31.0 Å². The second-order valence-corrected chi connectivity index (χ2v) is 5.02. The Hall–Kier alpha value is -2.77. The largest absolute Gasteiger partial charge is 0.454 e. The first-order valence-electron chi connectivity index (χ1n) is 7.37. The van der Waals surface area contributed by atoms with Crippen molar-refractivity contribution in [3.05, 3.63) is 35.5 Å². The Bertz CT molecular complexity index is 698. The minimum atomic E-state index is 0.295. The molecule has 0 aliphatic carbocycles. The van der Waals surface area contributed by atoms with E-state index in [2.05, 4.69) is 25.8 Å². The monoisotopic (exact) mass is 317 g/mol. The van der Waals surface area contributed by atoms with Gasteiger partial charge in [-0.3, -0.25) is 4.99 Å². The molecule has 8 nitrogen and oxygen atoms in total. The molecule has 1 aromatic heterocycles. The van der Waals surface area contributed by atoms with Crippen LogP contribution < -0.4 is 20.1 Å². The number of aliphatic imine (C=N–C) groups is 1. The fraction of sp³-hybridized carbons (Fsp3) is 0.400. The lowest BCUT2D eigenvalue weighted by Gasteiger charge is -2.10. The second kappa shape index (κ2) is 6.99. The number of hydrogen-bond acceptors (Lipinski definition) is 6. The summed E-state index contributed by atoms with van der Waals surface area (Å²) in [7, 11) is 1.72. The summed E-state index contributed by atoms with van der Waals surface area (Å²) in [5.74, 6) is 3.44. The van der Waals surface area contributed by atoms with Crippen molar-refractivity contribution in [1.82, 2.24) is 20.8 Å². The van der Waals surface area contributed by atoms with Gasteiger partial charge < -0.3 is 24.6 Å². The van der Waals surface area contributed by atoms with Crippen LogP contribution in [-0.2, 0) is 13.0 Å². The first-order chi connectivity index (χ1) is 11.2. The maximum atomic E-state index is 5.38. The fourth-order valence-electron chi connectivity index (χ4n) is 2.22. The fourth-order valence-corrected chi connectivity index (χ4v) is 2.22. The minimum absolute atomic E-state index is 0.295. The van der Waals surface area contributed by atoms with Crippen LogP contribution in [0.2, 0.25) is 0 Å². The summed E-state index contributed by atoms with van der Waals surface area (Å²) in [5.41, 5.74) is 1.17. The van der Waals surface area contributed by atoms with Crippen LogP contribution in [0.5, 0.6) is 11.5 Å². The average Bonchev–Trinajstić information content (AvgIpc) is 3.18. The number of fused-ring (bicyclic) bond motifs is 1. The summed E-state index contributed by atoms with van der Waals surface area (Å²) in [4.78, 5) is 8.29. The topological polar surface area (TPSA) is 93.8 Å². The molecule has 0 radical (unpaired) electrons. The zero-order chi connectivity index (χ0) is 16.1. The number of benzene rings is 1. The highest BCUT2D eigenvalue weighted by Crippen LogP contribution is 2.32. The molecule has 23 heavy (non-hydrogen) atoms. The van der Waals surface area contributed by atoms with E-state index in [1.807, 2.05) is 18.2 Å². The highest BCUT2D eigenvalue weighted by Gasteiger charge is 2.13. The molecule has 2 N–H and O–H groups in total. The number of nitrogens with one attached hydrogen (secondary N) is 2. The van der Waals surface area contributed by atoms with Crippen LogP contribution >= 0.6 is 0 Å². The predicted octanol–water partition coefficient (Wildman–Crippen LogP) is 1.01. The first kappa shape index (κ1) is 15.1. The third-order valence-corrected chi connectivity index (χ3v) is 3.35. The summed E-state index contributed by atoms with van der Waals surface area (Å²) in [6, 6.07) is 5.97. The molecule has 2 aromatic rings. The molecule has 1 aromatic carbocycles. The van der Waals surface area contributed by atoms with Crippen molar-refractivity contribution < 1.29 is 14.0 Å². The van der Waals surface area contributed by atoms with Gasteiger partial charge >= 0.3 is 0 Å². The molecule has 8 heteroatoms. The van der Waals surface area contributed by atoms with E-state index in [1.54, 1.807) is 14.0 Å². The predicted molar refractivity (Wildman–Crippen MR) is 83.5 cm³/mol. The third kappa shape index (κ3) is 3.91. The van der Waals surface area contributed by atoms with Crippen LogP contribution in [0.25, 0.3) is 0 Å². The number of rotatable bonds is 5. The van der Waals surface area contributed by atoms with Crippen LogP contribution in [0, 0.1) is 6.92 Å². The maximum Gasteiger partial charge on any atom is 0.231 e. The first-order valence-corrected chi connectivity index (χ1v) is 7.37. The molecule has 0 fully saturated rings. The van der Waals surface area contributed by atoms with Gasteiger partial charge in [0.2, 0.25) is 12.7 Å². The summed E-state index contributed by atoms with van der Waals surface area (Å²) >= 11 is 0.